The van der Waals surface area contributed by atoms with E-state index >= 15 is 0 Å². The zero-order chi connectivity index (χ0) is 20.5. The summed E-state index contributed by atoms with van der Waals surface area (Å²) in [5, 5.41) is 6.70. The number of anilines is 1. The highest BCUT2D eigenvalue weighted by Gasteiger charge is 2.28. The average molecular weight is 388 g/mol. The summed E-state index contributed by atoms with van der Waals surface area (Å²) < 4.78 is 1.53. The van der Waals surface area contributed by atoms with Gasteiger partial charge in [0.1, 0.15) is 11.9 Å². The summed E-state index contributed by atoms with van der Waals surface area (Å²) >= 11 is 0. The first-order valence-corrected chi connectivity index (χ1v) is 9.74. The number of allylic oxidation sites excluding steroid dienone is 1. The van der Waals surface area contributed by atoms with Crippen LogP contribution >= 0.6 is 0 Å². The Kier molecular flexibility index (Phi) is 4.92. The van der Waals surface area contributed by atoms with Gasteiger partial charge in [-0.25, -0.2) is 4.98 Å². The van der Waals surface area contributed by atoms with Crippen molar-refractivity contribution in [2.45, 2.75) is 39.3 Å². The molecule has 1 aliphatic heterocycles. The summed E-state index contributed by atoms with van der Waals surface area (Å²) in [5.41, 5.74) is 4.17. The van der Waals surface area contributed by atoms with E-state index in [9.17, 15) is 9.59 Å². The molecule has 2 heterocycles. The molecule has 1 fully saturated rings. The standard InChI is InChI=1S/C23H24N4O2/c1-14-6-4-8-18(12-14)24-13-17-7-5-9-19-21(17)23(29)27(16(3)26-19)20-11-10-15(2)25-22(20)28/h4-9,12,20,24H,2,10-11,13H2,1,3H3,(H,25,28). The minimum atomic E-state index is -0.567. The van der Waals surface area contributed by atoms with Gasteiger partial charge in [-0.15, -0.1) is 0 Å². The molecule has 0 radical (unpaired) electrons. The largest absolute Gasteiger partial charge is 0.381 e. The molecule has 1 atom stereocenters. The number of benzene rings is 2. The topological polar surface area (TPSA) is 76.0 Å². The molecule has 148 valence electrons. The summed E-state index contributed by atoms with van der Waals surface area (Å²) in [6.07, 6.45) is 1.19. The molecule has 1 amide bonds. The molecule has 6 heteroatoms. The van der Waals surface area contributed by atoms with E-state index < -0.39 is 6.04 Å². The highest BCUT2D eigenvalue weighted by atomic mass is 16.2. The predicted octanol–water partition coefficient (Wildman–Crippen LogP) is 3.59. The number of carbonyl (C=O) groups is 1. The van der Waals surface area contributed by atoms with Crippen molar-refractivity contribution in [2.24, 2.45) is 0 Å². The molecule has 1 aliphatic rings. The van der Waals surface area contributed by atoms with E-state index in [0.29, 0.717) is 41.8 Å². The lowest BCUT2D eigenvalue weighted by Crippen LogP contribution is -2.41. The van der Waals surface area contributed by atoms with Gasteiger partial charge in [0.25, 0.3) is 5.56 Å². The maximum atomic E-state index is 13.5. The number of rotatable bonds is 4. The fraction of sp³-hybridized carbons (Fsp3) is 0.261. The van der Waals surface area contributed by atoms with Gasteiger partial charge in [0.2, 0.25) is 5.91 Å². The number of aryl methyl sites for hydroxylation is 2. The van der Waals surface area contributed by atoms with Gasteiger partial charge in [0.05, 0.1) is 10.9 Å². The summed E-state index contributed by atoms with van der Waals surface area (Å²) in [6, 6.07) is 13.2. The first-order valence-electron chi connectivity index (χ1n) is 9.74. The monoisotopic (exact) mass is 388 g/mol. The number of nitrogens with one attached hydrogen (secondary N) is 2. The van der Waals surface area contributed by atoms with Crippen LogP contribution in [0, 0.1) is 13.8 Å². The number of carbonyl (C=O) groups excluding carboxylic acids is 1. The van der Waals surface area contributed by atoms with Crippen molar-refractivity contribution in [3.8, 4) is 0 Å². The number of piperidine rings is 1. The van der Waals surface area contributed by atoms with Crippen LogP contribution in [-0.4, -0.2) is 15.5 Å². The van der Waals surface area contributed by atoms with E-state index in [2.05, 4.69) is 28.3 Å². The second-order valence-corrected chi connectivity index (χ2v) is 7.52. The molecule has 1 aromatic heterocycles. The maximum absolute atomic E-state index is 13.5. The van der Waals surface area contributed by atoms with Crippen LogP contribution in [0.15, 0.2) is 59.5 Å². The van der Waals surface area contributed by atoms with Crippen molar-refractivity contribution >= 4 is 22.5 Å². The number of fused-ring (bicyclic) bond motifs is 1. The third-order valence-electron chi connectivity index (χ3n) is 5.33. The molecule has 1 unspecified atom stereocenters. The molecule has 2 N–H and O–H groups in total. The molecule has 0 aliphatic carbocycles. The van der Waals surface area contributed by atoms with Gasteiger partial charge in [-0.1, -0.05) is 30.8 Å². The number of amides is 1. The second kappa shape index (κ2) is 7.54. The third-order valence-corrected chi connectivity index (χ3v) is 5.33. The van der Waals surface area contributed by atoms with Crippen molar-refractivity contribution in [1.82, 2.24) is 14.9 Å². The fourth-order valence-electron chi connectivity index (χ4n) is 3.90. The van der Waals surface area contributed by atoms with E-state index in [1.807, 2.05) is 43.3 Å². The normalized spacial score (nSPS) is 16.7. The lowest BCUT2D eigenvalue weighted by atomic mass is 10.0. The predicted molar refractivity (Wildman–Crippen MR) is 115 cm³/mol. The number of hydrogen-bond acceptors (Lipinski definition) is 4. The van der Waals surface area contributed by atoms with Gasteiger partial charge in [0, 0.05) is 17.9 Å². The Balaban J connectivity index is 1.76. The number of hydrogen-bond donors (Lipinski definition) is 2. The van der Waals surface area contributed by atoms with E-state index in [0.717, 1.165) is 16.8 Å². The zero-order valence-electron chi connectivity index (χ0n) is 16.7. The van der Waals surface area contributed by atoms with Crippen molar-refractivity contribution in [3.05, 3.63) is 82.0 Å². The Bertz CT molecular complexity index is 1180. The lowest BCUT2D eigenvalue weighted by Gasteiger charge is -2.26. The fourth-order valence-corrected chi connectivity index (χ4v) is 3.90. The van der Waals surface area contributed by atoms with Crippen LogP contribution < -0.4 is 16.2 Å². The van der Waals surface area contributed by atoms with Gasteiger partial charge in [-0.05, 0) is 56.0 Å². The van der Waals surface area contributed by atoms with Gasteiger partial charge in [-0.2, -0.15) is 0 Å². The highest BCUT2D eigenvalue weighted by Crippen LogP contribution is 2.24. The van der Waals surface area contributed by atoms with E-state index in [1.165, 1.54) is 4.57 Å². The zero-order valence-corrected chi connectivity index (χ0v) is 16.7. The summed E-state index contributed by atoms with van der Waals surface area (Å²) in [7, 11) is 0. The Labute approximate surface area is 169 Å². The minimum absolute atomic E-state index is 0.179. The summed E-state index contributed by atoms with van der Waals surface area (Å²) in [4.78, 5) is 30.6. The van der Waals surface area contributed by atoms with Gasteiger partial charge in [0.15, 0.2) is 0 Å². The number of aromatic nitrogens is 2. The second-order valence-electron chi connectivity index (χ2n) is 7.52. The molecular formula is C23H24N4O2. The lowest BCUT2D eigenvalue weighted by molar-refractivity contribution is -0.124. The van der Waals surface area contributed by atoms with Crippen molar-refractivity contribution < 1.29 is 4.79 Å². The Hall–Kier alpha value is -3.41. The summed E-state index contributed by atoms with van der Waals surface area (Å²) in [5.74, 6) is 0.335. The Morgan fingerprint density at radius 2 is 2.00 bits per heavy atom. The van der Waals surface area contributed by atoms with Crippen LogP contribution in [0.1, 0.15) is 35.8 Å². The molecule has 3 aromatic rings. The van der Waals surface area contributed by atoms with Crippen molar-refractivity contribution in [3.63, 3.8) is 0 Å². The SMILES string of the molecule is C=C1CCC(n2c(C)nc3cccc(CNc4cccc(C)c4)c3c2=O)C(=O)N1. The van der Waals surface area contributed by atoms with E-state index in [4.69, 9.17) is 0 Å². The molecule has 0 spiro atoms. The van der Waals surface area contributed by atoms with Crippen LogP contribution in [0.2, 0.25) is 0 Å². The van der Waals surface area contributed by atoms with Crippen LogP contribution in [0.25, 0.3) is 10.9 Å². The Morgan fingerprint density at radius 3 is 2.76 bits per heavy atom. The molecule has 2 aromatic carbocycles. The van der Waals surface area contributed by atoms with Crippen LogP contribution in [0.5, 0.6) is 0 Å². The van der Waals surface area contributed by atoms with Gasteiger partial charge >= 0.3 is 0 Å². The smallest absolute Gasteiger partial charge is 0.262 e. The highest BCUT2D eigenvalue weighted by molar-refractivity contribution is 5.85. The van der Waals surface area contributed by atoms with Crippen molar-refractivity contribution in [2.75, 3.05) is 5.32 Å². The maximum Gasteiger partial charge on any atom is 0.262 e. The minimum Gasteiger partial charge on any atom is -0.381 e. The van der Waals surface area contributed by atoms with Crippen LogP contribution in [0.3, 0.4) is 0 Å². The average Bonchev–Trinajstić information content (AvgIpc) is 2.67. The van der Waals surface area contributed by atoms with E-state index in [-0.39, 0.29) is 11.5 Å². The van der Waals surface area contributed by atoms with Gasteiger partial charge < -0.3 is 10.6 Å². The molecular weight excluding hydrogens is 364 g/mol. The summed E-state index contributed by atoms with van der Waals surface area (Å²) in [6.45, 7) is 8.13. The number of nitrogens with zero attached hydrogens (tertiary/aromatic N) is 2. The molecule has 6 nitrogen and oxygen atoms in total. The Morgan fingerprint density at radius 1 is 1.21 bits per heavy atom. The molecule has 29 heavy (non-hydrogen) atoms. The molecule has 4 rings (SSSR count). The quantitative estimate of drug-likeness (QED) is 0.716. The first-order chi connectivity index (χ1) is 13.9. The first kappa shape index (κ1) is 18.9. The van der Waals surface area contributed by atoms with Crippen molar-refractivity contribution in [1.29, 1.82) is 0 Å². The van der Waals surface area contributed by atoms with E-state index in [1.54, 1.807) is 6.92 Å². The molecule has 1 saturated heterocycles. The van der Waals surface area contributed by atoms with Gasteiger partial charge in [-0.3, -0.25) is 14.2 Å². The molecule has 0 saturated carbocycles. The van der Waals surface area contributed by atoms with Crippen LogP contribution in [-0.2, 0) is 11.3 Å². The van der Waals surface area contributed by atoms with Crippen LogP contribution in [0.4, 0.5) is 5.69 Å². The molecule has 0 bridgehead atoms. The third kappa shape index (κ3) is 3.66.